The Bertz CT molecular complexity index is 3310. The van der Waals surface area contributed by atoms with Crippen LogP contribution in [0.3, 0.4) is 0 Å². The van der Waals surface area contributed by atoms with Gasteiger partial charge in [-0.1, -0.05) is 163 Å². The number of aromatic nitrogens is 3. The first-order valence-electron chi connectivity index (χ1n) is 24.2. The number of aromatic hydroxyl groups is 1. The molecule has 0 aliphatic carbocycles. The summed E-state index contributed by atoms with van der Waals surface area (Å²) in [5.41, 5.74) is 17.9. The van der Waals surface area contributed by atoms with Gasteiger partial charge in [-0.05, 0) is 104 Å². The van der Waals surface area contributed by atoms with Gasteiger partial charge in [-0.3, -0.25) is 9.55 Å². The number of phenolic OH excluding ortho intramolecular Hbond substituents is 1. The first-order chi connectivity index (χ1) is 31.7. The standard InChI is InChI=1S/C62H66N3O2.Pt/c1-35(2)43-22-18-23-44(36(3)4)55(43)41-27-28-46-48-34-47(37(5)6)57(54(38(7)8)59(48)67-53(46)31-41)65-52-26-19-24-45(39-20-17-21-40(30-39)51-25-15-16-29-63-51)56(52)64-60(65)49-32-42(61(9,10)11)33-50(58(49)66)62(12,13)14;/h15-29,31-38,66H,1-14H3;/q-1;. The summed E-state index contributed by atoms with van der Waals surface area (Å²) in [6.07, 6.45) is 1.82. The van der Waals surface area contributed by atoms with Crippen LogP contribution in [0.25, 0.3) is 83.6 Å². The van der Waals surface area contributed by atoms with Crippen LogP contribution in [0.4, 0.5) is 0 Å². The monoisotopic (exact) mass is 1080 g/mol. The fraction of sp³-hybridized carbons (Fsp3) is 0.323. The van der Waals surface area contributed by atoms with E-state index >= 15 is 0 Å². The molecule has 352 valence electrons. The molecule has 6 aromatic carbocycles. The molecule has 3 heterocycles. The number of fused-ring (bicyclic) bond motifs is 4. The van der Waals surface area contributed by atoms with Gasteiger partial charge in [0.05, 0.1) is 22.3 Å². The Labute approximate surface area is 418 Å². The molecule has 9 aromatic rings. The van der Waals surface area contributed by atoms with Crippen molar-refractivity contribution < 1.29 is 30.6 Å². The van der Waals surface area contributed by atoms with Gasteiger partial charge in [0.15, 0.2) is 0 Å². The summed E-state index contributed by atoms with van der Waals surface area (Å²) in [5.74, 6) is 1.86. The molecule has 0 aliphatic heterocycles. The maximum absolute atomic E-state index is 12.7. The van der Waals surface area contributed by atoms with E-state index in [0.29, 0.717) is 23.2 Å². The second-order valence-electron chi connectivity index (χ2n) is 21.9. The zero-order valence-electron chi connectivity index (χ0n) is 42.3. The smallest absolute Gasteiger partial charge is 0.148 e. The van der Waals surface area contributed by atoms with E-state index in [1.54, 1.807) is 0 Å². The van der Waals surface area contributed by atoms with Crippen molar-refractivity contribution >= 4 is 33.0 Å². The van der Waals surface area contributed by atoms with Gasteiger partial charge in [0.1, 0.15) is 22.7 Å². The molecule has 0 unspecified atom stereocenters. The van der Waals surface area contributed by atoms with E-state index in [2.05, 4.69) is 204 Å². The predicted molar refractivity (Wildman–Crippen MR) is 282 cm³/mol. The van der Waals surface area contributed by atoms with Gasteiger partial charge < -0.3 is 9.52 Å². The second-order valence-corrected chi connectivity index (χ2v) is 21.9. The zero-order valence-corrected chi connectivity index (χ0v) is 44.6. The first-order valence-corrected chi connectivity index (χ1v) is 24.2. The van der Waals surface area contributed by atoms with Crippen LogP contribution in [0.2, 0.25) is 0 Å². The molecule has 68 heavy (non-hydrogen) atoms. The molecule has 0 saturated heterocycles. The molecule has 1 N–H and O–H groups in total. The Kier molecular flexibility index (Phi) is 13.1. The van der Waals surface area contributed by atoms with Crippen LogP contribution in [-0.4, -0.2) is 19.6 Å². The first kappa shape index (κ1) is 48.7. The zero-order chi connectivity index (χ0) is 47.9. The van der Waals surface area contributed by atoms with Crippen molar-refractivity contribution in [2.75, 3.05) is 0 Å². The fourth-order valence-electron chi connectivity index (χ4n) is 10.0. The third-order valence-corrected chi connectivity index (χ3v) is 13.6. The van der Waals surface area contributed by atoms with E-state index < -0.39 is 0 Å². The maximum Gasteiger partial charge on any atom is 0.148 e. The van der Waals surface area contributed by atoms with E-state index in [0.717, 1.165) is 77.7 Å². The average molecular weight is 1080 g/mol. The van der Waals surface area contributed by atoms with Gasteiger partial charge in [-0.15, -0.1) is 29.8 Å². The maximum atomic E-state index is 12.7. The molecule has 0 radical (unpaired) electrons. The summed E-state index contributed by atoms with van der Waals surface area (Å²) in [6, 6.07) is 42.6. The molecule has 9 rings (SSSR count). The predicted octanol–water partition coefficient (Wildman–Crippen LogP) is 17.6. The Morgan fingerprint density at radius 1 is 0.618 bits per heavy atom. The van der Waals surface area contributed by atoms with Gasteiger partial charge in [-0.2, -0.15) is 0 Å². The molecule has 0 saturated carbocycles. The topological polar surface area (TPSA) is 64.1 Å². The number of pyridine rings is 1. The number of furan rings is 1. The number of hydrogen-bond acceptors (Lipinski definition) is 4. The van der Waals surface area contributed by atoms with E-state index in [1.807, 2.05) is 24.4 Å². The van der Waals surface area contributed by atoms with Crippen LogP contribution in [0, 0.1) is 6.07 Å². The van der Waals surface area contributed by atoms with Crippen LogP contribution in [0.1, 0.15) is 154 Å². The van der Waals surface area contributed by atoms with Crippen molar-refractivity contribution in [2.24, 2.45) is 0 Å². The van der Waals surface area contributed by atoms with E-state index in [4.69, 9.17) is 9.40 Å². The normalized spacial score (nSPS) is 12.4. The summed E-state index contributed by atoms with van der Waals surface area (Å²) in [6.45, 7) is 31.5. The molecular weight excluding hydrogens is 1010 g/mol. The second kappa shape index (κ2) is 18.3. The Morgan fingerprint density at radius 2 is 1.28 bits per heavy atom. The SMILES string of the molecule is CC(C)c1cccc(C(C)C)c1-c1ccc2c(c1)oc1c(C(C)C)c(-n3c(-c4cc(C(C)(C)C)cc(C(C)(C)C)c4O)nc4c(-c5[c-]c(-c6ccccn6)ccc5)cccc43)c(C(C)C)cc12.[Pt]. The average Bonchev–Trinajstić information content (AvgIpc) is 3.85. The number of hydrogen-bond donors (Lipinski definition) is 1. The Balaban J connectivity index is 0.00000625. The summed E-state index contributed by atoms with van der Waals surface area (Å²) in [7, 11) is 0. The number of benzene rings is 6. The van der Waals surface area contributed by atoms with E-state index in [-0.39, 0.29) is 49.5 Å². The molecule has 3 aromatic heterocycles. The van der Waals surface area contributed by atoms with Crippen LogP contribution < -0.4 is 0 Å². The number of nitrogens with zero attached hydrogens (tertiary/aromatic N) is 3. The number of imidazole rings is 1. The van der Waals surface area contributed by atoms with Crippen molar-refractivity contribution in [2.45, 2.75) is 131 Å². The summed E-state index contributed by atoms with van der Waals surface area (Å²) in [5, 5.41) is 14.9. The molecule has 0 atom stereocenters. The molecule has 0 amide bonds. The molecule has 6 heteroatoms. The van der Waals surface area contributed by atoms with Crippen LogP contribution >= 0.6 is 0 Å². The van der Waals surface area contributed by atoms with E-state index in [9.17, 15) is 5.11 Å². The van der Waals surface area contributed by atoms with Gasteiger partial charge >= 0.3 is 0 Å². The van der Waals surface area contributed by atoms with E-state index in [1.165, 1.54) is 27.8 Å². The minimum Gasteiger partial charge on any atom is -0.507 e. The minimum atomic E-state index is -0.340. The fourth-order valence-corrected chi connectivity index (χ4v) is 10.0. The van der Waals surface area contributed by atoms with Crippen molar-refractivity contribution in [1.82, 2.24) is 14.5 Å². The molecular formula is C62H66N3O2Pt-. The Hall–Kier alpha value is -5.77. The van der Waals surface area contributed by atoms with Crippen molar-refractivity contribution in [3.05, 3.63) is 155 Å². The quantitative estimate of drug-likeness (QED) is 0.146. The largest absolute Gasteiger partial charge is 0.507 e. The van der Waals surface area contributed by atoms with Gasteiger partial charge in [0.2, 0.25) is 0 Å². The van der Waals surface area contributed by atoms with Gasteiger partial charge in [0.25, 0.3) is 0 Å². The third kappa shape index (κ3) is 8.55. The summed E-state index contributed by atoms with van der Waals surface area (Å²) in [4.78, 5) is 10.4. The Morgan fingerprint density at radius 3 is 1.90 bits per heavy atom. The number of para-hydroxylation sites is 1. The molecule has 0 spiro atoms. The molecule has 0 fully saturated rings. The van der Waals surface area contributed by atoms with Crippen molar-refractivity contribution in [1.29, 1.82) is 0 Å². The van der Waals surface area contributed by atoms with Gasteiger partial charge in [-0.25, -0.2) is 4.98 Å². The van der Waals surface area contributed by atoms with Crippen molar-refractivity contribution in [3.8, 4) is 56.3 Å². The molecule has 0 bridgehead atoms. The van der Waals surface area contributed by atoms with Crippen LogP contribution in [0.5, 0.6) is 5.75 Å². The molecule has 5 nitrogen and oxygen atoms in total. The van der Waals surface area contributed by atoms with Crippen LogP contribution in [0.15, 0.2) is 120 Å². The summed E-state index contributed by atoms with van der Waals surface area (Å²) >= 11 is 0. The summed E-state index contributed by atoms with van der Waals surface area (Å²) < 4.78 is 9.58. The van der Waals surface area contributed by atoms with Gasteiger partial charge in [0, 0.05) is 54.9 Å². The number of rotatable bonds is 9. The third-order valence-electron chi connectivity index (χ3n) is 13.6. The minimum absolute atomic E-state index is 0. The van der Waals surface area contributed by atoms with Crippen LogP contribution in [-0.2, 0) is 31.9 Å². The van der Waals surface area contributed by atoms with Crippen molar-refractivity contribution in [3.63, 3.8) is 0 Å². The molecule has 0 aliphatic rings. The number of phenols is 1.